The van der Waals surface area contributed by atoms with E-state index in [1.54, 1.807) is 17.1 Å². The Labute approximate surface area is 159 Å². The van der Waals surface area contributed by atoms with Gasteiger partial charge in [0.2, 0.25) is 5.13 Å². The summed E-state index contributed by atoms with van der Waals surface area (Å²) in [7, 11) is 0. The summed E-state index contributed by atoms with van der Waals surface area (Å²) in [5, 5.41) is 22.5. The minimum atomic E-state index is -0.0359. The van der Waals surface area contributed by atoms with Crippen LogP contribution in [0, 0.1) is 0 Å². The molecule has 0 amide bonds. The van der Waals surface area contributed by atoms with Crippen LogP contribution in [-0.4, -0.2) is 29.8 Å². The van der Waals surface area contributed by atoms with E-state index in [1.807, 2.05) is 42.1 Å². The summed E-state index contributed by atoms with van der Waals surface area (Å²) in [4.78, 5) is 0. The third-order valence-corrected chi connectivity index (χ3v) is 5.03. The van der Waals surface area contributed by atoms with Crippen molar-refractivity contribution in [2.75, 3.05) is 5.32 Å². The molecule has 26 heavy (non-hydrogen) atoms. The first-order valence-electron chi connectivity index (χ1n) is 8.05. The van der Waals surface area contributed by atoms with Gasteiger partial charge in [-0.15, -0.1) is 10.2 Å². The Balaban J connectivity index is 1.43. The molecule has 0 spiro atoms. The number of nitrogens with zero attached hydrogens (tertiary/aromatic N) is 6. The summed E-state index contributed by atoms with van der Waals surface area (Å²) in [6, 6.07) is 12.1. The second kappa shape index (κ2) is 7.27. The largest absolute Gasteiger partial charge is 0.313 e. The van der Waals surface area contributed by atoms with Crippen molar-refractivity contribution in [2.24, 2.45) is 0 Å². The molecule has 0 radical (unpaired) electrons. The van der Waals surface area contributed by atoms with Crippen LogP contribution in [0.2, 0.25) is 5.02 Å². The van der Waals surface area contributed by atoms with Crippen molar-refractivity contribution in [1.29, 1.82) is 0 Å². The smallest absolute Gasteiger partial charge is 0.211 e. The van der Waals surface area contributed by atoms with Gasteiger partial charge in [-0.2, -0.15) is 10.2 Å². The molecule has 9 heteroatoms. The van der Waals surface area contributed by atoms with Crippen LogP contribution in [0.3, 0.4) is 0 Å². The standard InChI is InChI=1S/C17H16ClN7S/c1-12(25-11-14(18)9-19-25)16-21-22-17(26-16)20-15-7-8-24(23-15)10-13-5-3-2-4-6-13/h2-9,11-12H,10H2,1H3,(H,20,22,23)/t12-/m0/s1. The first kappa shape index (κ1) is 16.7. The maximum atomic E-state index is 5.93. The van der Waals surface area contributed by atoms with E-state index in [0.29, 0.717) is 10.2 Å². The van der Waals surface area contributed by atoms with Gasteiger partial charge >= 0.3 is 0 Å². The Morgan fingerprint density at radius 2 is 2.04 bits per heavy atom. The molecule has 0 aliphatic rings. The fraction of sp³-hybridized carbons (Fsp3) is 0.176. The minimum Gasteiger partial charge on any atom is -0.313 e. The molecular formula is C17H16ClN7S. The maximum absolute atomic E-state index is 5.93. The second-order valence-corrected chi connectivity index (χ2v) is 7.21. The number of anilines is 2. The van der Waals surface area contributed by atoms with E-state index >= 15 is 0 Å². The van der Waals surface area contributed by atoms with Gasteiger partial charge in [0.15, 0.2) is 5.82 Å². The molecule has 4 aromatic rings. The van der Waals surface area contributed by atoms with Crippen molar-refractivity contribution in [2.45, 2.75) is 19.5 Å². The van der Waals surface area contributed by atoms with E-state index in [2.05, 4.69) is 37.8 Å². The molecule has 1 aromatic carbocycles. The molecular weight excluding hydrogens is 370 g/mol. The summed E-state index contributed by atoms with van der Waals surface area (Å²) in [5.41, 5.74) is 1.20. The number of rotatable bonds is 6. The summed E-state index contributed by atoms with van der Waals surface area (Å²) in [5.74, 6) is 0.735. The fourth-order valence-electron chi connectivity index (χ4n) is 2.49. The summed E-state index contributed by atoms with van der Waals surface area (Å²) >= 11 is 7.39. The van der Waals surface area contributed by atoms with Gasteiger partial charge in [0, 0.05) is 18.5 Å². The van der Waals surface area contributed by atoms with Gasteiger partial charge in [-0.1, -0.05) is 53.3 Å². The third kappa shape index (κ3) is 3.76. The Bertz CT molecular complexity index is 991. The Morgan fingerprint density at radius 3 is 2.81 bits per heavy atom. The van der Waals surface area contributed by atoms with Crippen LogP contribution >= 0.6 is 22.9 Å². The van der Waals surface area contributed by atoms with Gasteiger partial charge in [-0.25, -0.2) is 0 Å². The SMILES string of the molecule is C[C@@H](c1nnc(Nc2ccn(Cc3ccccc3)n2)s1)n1cc(Cl)cn1. The lowest BCUT2D eigenvalue weighted by atomic mass is 10.2. The van der Waals surface area contributed by atoms with Gasteiger partial charge in [0.1, 0.15) is 11.0 Å². The van der Waals surface area contributed by atoms with Crippen molar-refractivity contribution < 1.29 is 0 Å². The van der Waals surface area contributed by atoms with E-state index in [-0.39, 0.29) is 6.04 Å². The van der Waals surface area contributed by atoms with Crippen molar-refractivity contribution >= 4 is 33.9 Å². The molecule has 4 rings (SSSR count). The van der Waals surface area contributed by atoms with Crippen molar-refractivity contribution in [3.05, 3.63) is 70.6 Å². The van der Waals surface area contributed by atoms with Crippen LogP contribution < -0.4 is 5.32 Å². The normalized spacial score (nSPS) is 12.2. The zero-order valence-corrected chi connectivity index (χ0v) is 15.5. The van der Waals surface area contributed by atoms with Crippen LogP contribution in [0.15, 0.2) is 55.0 Å². The maximum Gasteiger partial charge on any atom is 0.211 e. The van der Waals surface area contributed by atoms with Crippen LogP contribution in [0.1, 0.15) is 23.5 Å². The number of hydrogen-bond acceptors (Lipinski definition) is 6. The zero-order valence-electron chi connectivity index (χ0n) is 14.0. The number of hydrogen-bond donors (Lipinski definition) is 1. The summed E-state index contributed by atoms with van der Waals surface area (Å²) in [6.07, 6.45) is 5.31. The molecule has 0 bridgehead atoms. The van der Waals surface area contributed by atoms with Gasteiger partial charge in [0.25, 0.3) is 0 Å². The minimum absolute atomic E-state index is 0.0359. The summed E-state index contributed by atoms with van der Waals surface area (Å²) < 4.78 is 3.65. The molecule has 3 aromatic heterocycles. The van der Waals surface area contributed by atoms with Crippen LogP contribution in [0.5, 0.6) is 0 Å². The van der Waals surface area contributed by atoms with E-state index in [0.717, 1.165) is 17.4 Å². The molecule has 0 saturated carbocycles. The van der Waals surface area contributed by atoms with Crippen molar-refractivity contribution in [3.8, 4) is 0 Å². The number of aromatic nitrogens is 6. The van der Waals surface area contributed by atoms with Gasteiger partial charge in [-0.05, 0) is 12.5 Å². The lowest BCUT2D eigenvalue weighted by Crippen LogP contribution is -2.06. The summed E-state index contributed by atoms with van der Waals surface area (Å²) in [6.45, 7) is 2.73. The molecule has 1 N–H and O–H groups in total. The average molecular weight is 386 g/mol. The van der Waals surface area contributed by atoms with Gasteiger partial charge in [-0.3, -0.25) is 9.36 Å². The number of halogens is 1. The predicted molar refractivity (Wildman–Crippen MR) is 102 cm³/mol. The highest BCUT2D eigenvalue weighted by molar-refractivity contribution is 7.15. The van der Waals surface area contributed by atoms with Crippen LogP contribution in [0.4, 0.5) is 10.9 Å². The molecule has 0 saturated heterocycles. The monoisotopic (exact) mass is 385 g/mol. The van der Waals surface area contributed by atoms with Crippen LogP contribution in [0.25, 0.3) is 0 Å². The quantitative estimate of drug-likeness (QED) is 0.543. The van der Waals surface area contributed by atoms with Gasteiger partial charge < -0.3 is 5.32 Å². The molecule has 3 heterocycles. The first-order valence-corrected chi connectivity index (χ1v) is 9.24. The average Bonchev–Trinajstić information content (AvgIpc) is 3.38. The molecule has 0 unspecified atom stereocenters. The van der Waals surface area contributed by atoms with E-state index in [9.17, 15) is 0 Å². The number of benzene rings is 1. The highest BCUT2D eigenvalue weighted by Gasteiger charge is 2.15. The Kier molecular flexibility index (Phi) is 4.68. The highest BCUT2D eigenvalue weighted by atomic mass is 35.5. The number of nitrogens with one attached hydrogen (secondary N) is 1. The highest BCUT2D eigenvalue weighted by Crippen LogP contribution is 2.26. The van der Waals surface area contributed by atoms with E-state index in [4.69, 9.17) is 11.6 Å². The predicted octanol–water partition coefficient (Wildman–Crippen LogP) is 3.99. The molecule has 1 atom stereocenters. The fourth-order valence-corrected chi connectivity index (χ4v) is 3.43. The lowest BCUT2D eigenvalue weighted by Gasteiger charge is -2.06. The second-order valence-electron chi connectivity index (χ2n) is 5.77. The molecule has 0 aliphatic carbocycles. The van der Waals surface area contributed by atoms with Gasteiger partial charge in [0.05, 0.1) is 17.8 Å². The molecule has 0 fully saturated rings. The lowest BCUT2D eigenvalue weighted by molar-refractivity contribution is 0.557. The molecule has 7 nitrogen and oxygen atoms in total. The Hall–Kier alpha value is -2.71. The van der Waals surface area contributed by atoms with Crippen molar-refractivity contribution in [3.63, 3.8) is 0 Å². The van der Waals surface area contributed by atoms with E-state index < -0.39 is 0 Å². The zero-order chi connectivity index (χ0) is 17.9. The topological polar surface area (TPSA) is 73.5 Å². The third-order valence-electron chi connectivity index (χ3n) is 3.83. The first-order chi connectivity index (χ1) is 12.7. The van der Waals surface area contributed by atoms with Crippen molar-refractivity contribution in [1.82, 2.24) is 29.8 Å². The van der Waals surface area contributed by atoms with E-state index in [1.165, 1.54) is 16.9 Å². The Morgan fingerprint density at radius 1 is 1.19 bits per heavy atom. The molecule has 0 aliphatic heterocycles. The van der Waals surface area contributed by atoms with Crippen LogP contribution in [-0.2, 0) is 6.54 Å². The molecule has 132 valence electrons.